The van der Waals surface area contributed by atoms with Gasteiger partial charge in [-0.1, -0.05) is 70.9 Å². The lowest BCUT2D eigenvalue weighted by atomic mass is 9.94. The van der Waals surface area contributed by atoms with E-state index in [1.807, 2.05) is 6.08 Å². The molecule has 0 rings (SSSR count). The number of aldehydes is 1. The average molecular weight is 278 g/mol. The largest absolute Gasteiger partial charge is 0.298 e. The van der Waals surface area contributed by atoms with Gasteiger partial charge in [0.05, 0.1) is 0 Å². The van der Waals surface area contributed by atoms with Crippen LogP contribution in [0.5, 0.6) is 0 Å². The fourth-order valence-corrected chi connectivity index (χ4v) is 2.56. The van der Waals surface area contributed by atoms with Crippen molar-refractivity contribution in [1.29, 1.82) is 0 Å². The molecule has 0 radical (unpaired) electrons. The molecule has 0 aromatic rings. The Morgan fingerprint density at radius 2 is 1.65 bits per heavy atom. The first-order chi connectivity index (χ1) is 9.78. The number of allylic oxidation sites excluding steroid dienone is 3. The number of hydrogen-bond donors (Lipinski definition) is 0. The highest BCUT2D eigenvalue weighted by Gasteiger charge is 2.06. The van der Waals surface area contributed by atoms with Gasteiger partial charge in [0.2, 0.25) is 0 Å². The van der Waals surface area contributed by atoms with E-state index in [1.165, 1.54) is 51.4 Å². The Hall–Kier alpha value is -0.850. The molecule has 0 aliphatic heterocycles. The standard InChI is InChI=1S/C19H34O/c1-4-7-9-11-14-18(13-6-3)16-19(17-20)15-12-10-8-5-2/h6,16-18H,3-5,7-15H2,1-2H3. The molecular weight excluding hydrogens is 244 g/mol. The Bertz CT molecular complexity index is 265. The van der Waals surface area contributed by atoms with Gasteiger partial charge in [-0.2, -0.15) is 0 Å². The van der Waals surface area contributed by atoms with Crippen LogP contribution in [0.3, 0.4) is 0 Å². The summed E-state index contributed by atoms with van der Waals surface area (Å²) in [5.74, 6) is 0.510. The molecule has 0 fully saturated rings. The van der Waals surface area contributed by atoms with Gasteiger partial charge < -0.3 is 0 Å². The van der Waals surface area contributed by atoms with Crippen molar-refractivity contribution in [2.75, 3.05) is 0 Å². The van der Waals surface area contributed by atoms with E-state index >= 15 is 0 Å². The summed E-state index contributed by atoms with van der Waals surface area (Å²) in [6.45, 7) is 8.30. The summed E-state index contributed by atoms with van der Waals surface area (Å²) in [6.07, 6.45) is 18.5. The van der Waals surface area contributed by atoms with Crippen LogP contribution >= 0.6 is 0 Å². The normalized spacial score (nSPS) is 13.2. The van der Waals surface area contributed by atoms with E-state index < -0.39 is 0 Å². The fraction of sp³-hybridized carbons (Fsp3) is 0.737. The van der Waals surface area contributed by atoms with Crippen molar-refractivity contribution >= 4 is 6.29 Å². The second kappa shape index (κ2) is 14.6. The van der Waals surface area contributed by atoms with Crippen LogP contribution in [0.1, 0.15) is 84.5 Å². The summed E-state index contributed by atoms with van der Waals surface area (Å²) in [6, 6.07) is 0. The maximum absolute atomic E-state index is 11.2. The molecule has 0 saturated heterocycles. The van der Waals surface area contributed by atoms with Gasteiger partial charge in [-0.05, 0) is 37.2 Å². The molecule has 20 heavy (non-hydrogen) atoms. The van der Waals surface area contributed by atoms with E-state index in [0.29, 0.717) is 5.92 Å². The Labute approximate surface area is 126 Å². The van der Waals surface area contributed by atoms with Crippen LogP contribution in [0.4, 0.5) is 0 Å². The van der Waals surface area contributed by atoms with Gasteiger partial charge in [-0.3, -0.25) is 4.79 Å². The molecule has 0 aromatic carbocycles. The van der Waals surface area contributed by atoms with Crippen LogP contribution in [0.2, 0.25) is 0 Å². The topological polar surface area (TPSA) is 17.1 Å². The summed E-state index contributed by atoms with van der Waals surface area (Å²) in [5.41, 5.74) is 1.00. The zero-order valence-electron chi connectivity index (χ0n) is 13.7. The van der Waals surface area contributed by atoms with Crippen LogP contribution in [-0.4, -0.2) is 6.29 Å². The zero-order valence-corrected chi connectivity index (χ0v) is 13.7. The molecule has 1 unspecified atom stereocenters. The fourth-order valence-electron chi connectivity index (χ4n) is 2.56. The predicted molar refractivity (Wildman–Crippen MR) is 90.0 cm³/mol. The molecule has 0 N–H and O–H groups in total. The first-order valence-corrected chi connectivity index (χ1v) is 8.55. The molecule has 0 aliphatic carbocycles. The Kier molecular flexibility index (Phi) is 13.9. The van der Waals surface area contributed by atoms with Crippen LogP contribution in [-0.2, 0) is 4.79 Å². The number of hydrogen-bond acceptors (Lipinski definition) is 1. The van der Waals surface area contributed by atoms with E-state index in [0.717, 1.165) is 31.1 Å². The molecule has 0 saturated carbocycles. The van der Waals surface area contributed by atoms with Crippen molar-refractivity contribution in [2.45, 2.75) is 84.5 Å². The predicted octanol–water partition coefficient (Wildman–Crippen LogP) is 6.24. The molecule has 0 heterocycles. The highest BCUT2D eigenvalue weighted by Crippen LogP contribution is 2.20. The first kappa shape index (κ1) is 19.1. The van der Waals surface area contributed by atoms with E-state index in [9.17, 15) is 4.79 Å². The van der Waals surface area contributed by atoms with E-state index in [2.05, 4.69) is 26.5 Å². The SMILES string of the molecule is C=CCC(C=C(C=O)CCCCCC)CCCCCC. The molecule has 1 nitrogen and oxygen atoms in total. The highest BCUT2D eigenvalue weighted by molar-refractivity contribution is 5.73. The van der Waals surface area contributed by atoms with Gasteiger partial charge in [-0.25, -0.2) is 0 Å². The van der Waals surface area contributed by atoms with E-state index in [1.54, 1.807) is 0 Å². The molecule has 0 aromatic heterocycles. The lowest BCUT2D eigenvalue weighted by Crippen LogP contribution is -1.99. The molecule has 0 spiro atoms. The van der Waals surface area contributed by atoms with Gasteiger partial charge in [0.1, 0.15) is 6.29 Å². The third-order valence-electron chi connectivity index (χ3n) is 3.82. The number of carbonyl (C=O) groups excluding carboxylic acids is 1. The molecule has 1 heteroatoms. The van der Waals surface area contributed by atoms with Crippen molar-refractivity contribution < 1.29 is 4.79 Å². The van der Waals surface area contributed by atoms with Gasteiger partial charge in [-0.15, -0.1) is 6.58 Å². The minimum absolute atomic E-state index is 0.510. The zero-order chi connectivity index (χ0) is 15.1. The highest BCUT2D eigenvalue weighted by atomic mass is 16.1. The summed E-state index contributed by atoms with van der Waals surface area (Å²) < 4.78 is 0. The Balaban J connectivity index is 4.20. The average Bonchev–Trinajstić information content (AvgIpc) is 2.46. The maximum atomic E-state index is 11.2. The van der Waals surface area contributed by atoms with Crippen molar-refractivity contribution in [3.63, 3.8) is 0 Å². The van der Waals surface area contributed by atoms with Crippen LogP contribution in [0.25, 0.3) is 0 Å². The van der Waals surface area contributed by atoms with E-state index in [4.69, 9.17) is 0 Å². The monoisotopic (exact) mass is 278 g/mol. The third-order valence-corrected chi connectivity index (χ3v) is 3.82. The minimum Gasteiger partial charge on any atom is -0.298 e. The molecule has 0 aliphatic rings. The molecular formula is C19H34O. The second-order valence-corrected chi connectivity index (χ2v) is 5.80. The Morgan fingerprint density at radius 1 is 1.00 bits per heavy atom. The van der Waals surface area contributed by atoms with Crippen LogP contribution in [0.15, 0.2) is 24.3 Å². The summed E-state index contributed by atoms with van der Waals surface area (Å²) in [5, 5.41) is 0. The summed E-state index contributed by atoms with van der Waals surface area (Å²) in [7, 11) is 0. The quantitative estimate of drug-likeness (QED) is 0.159. The number of rotatable bonds is 14. The van der Waals surface area contributed by atoms with Gasteiger partial charge in [0.15, 0.2) is 0 Å². The van der Waals surface area contributed by atoms with Gasteiger partial charge in [0, 0.05) is 0 Å². The Morgan fingerprint density at radius 3 is 2.20 bits per heavy atom. The molecule has 116 valence electrons. The smallest absolute Gasteiger partial charge is 0.145 e. The minimum atomic E-state index is 0.510. The van der Waals surface area contributed by atoms with E-state index in [-0.39, 0.29) is 0 Å². The molecule has 0 bridgehead atoms. The molecule has 0 amide bonds. The van der Waals surface area contributed by atoms with Crippen LogP contribution < -0.4 is 0 Å². The lowest BCUT2D eigenvalue weighted by Gasteiger charge is -2.12. The van der Waals surface area contributed by atoms with Crippen molar-refractivity contribution in [2.24, 2.45) is 5.92 Å². The van der Waals surface area contributed by atoms with Crippen molar-refractivity contribution in [3.05, 3.63) is 24.3 Å². The number of unbranched alkanes of at least 4 members (excludes halogenated alkanes) is 6. The summed E-state index contributed by atoms with van der Waals surface area (Å²) >= 11 is 0. The van der Waals surface area contributed by atoms with Crippen molar-refractivity contribution in [1.82, 2.24) is 0 Å². The van der Waals surface area contributed by atoms with Gasteiger partial charge >= 0.3 is 0 Å². The number of carbonyl (C=O) groups is 1. The van der Waals surface area contributed by atoms with Crippen LogP contribution in [0, 0.1) is 5.92 Å². The van der Waals surface area contributed by atoms with Gasteiger partial charge in [0.25, 0.3) is 0 Å². The second-order valence-electron chi connectivity index (χ2n) is 5.80. The summed E-state index contributed by atoms with van der Waals surface area (Å²) in [4.78, 5) is 11.2. The maximum Gasteiger partial charge on any atom is 0.145 e. The van der Waals surface area contributed by atoms with Crippen molar-refractivity contribution in [3.8, 4) is 0 Å². The third kappa shape index (κ3) is 11.0. The first-order valence-electron chi connectivity index (χ1n) is 8.55. The molecule has 1 atom stereocenters. The lowest BCUT2D eigenvalue weighted by molar-refractivity contribution is -0.105.